The van der Waals surface area contributed by atoms with Gasteiger partial charge in [0.25, 0.3) is 11.8 Å². The van der Waals surface area contributed by atoms with Crippen molar-refractivity contribution in [1.82, 2.24) is 39.7 Å². The molecule has 64 heavy (non-hydrogen) atoms. The summed E-state index contributed by atoms with van der Waals surface area (Å²) in [5, 5.41) is 40.0. The minimum absolute atomic E-state index is 0.0756. The van der Waals surface area contributed by atoms with Crippen molar-refractivity contribution in [1.29, 1.82) is 5.26 Å². The zero-order chi connectivity index (χ0) is 46.2. The molecule has 2 aromatic rings. The van der Waals surface area contributed by atoms with Crippen LogP contribution in [0.15, 0.2) is 42.7 Å². The number of amides is 3. The van der Waals surface area contributed by atoms with E-state index in [1.807, 2.05) is 34.1 Å². The maximum absolute atomic E-state index is 13.8. The van der Waals surface area contributed by atoms with Crippen LogP contribution in [0.25, 0.3) is 12.2 Å². The largest absolute Gasteiger partial charge is 0.493 e. The van der Waals surface area contributed by atoms with E-state index in [0.717, 1.165) is 23.3 Å². The van der Waals surface area contributed by atoms with Crippen molar-refractivity contribution in [3.63, 3.8) is 0 Å². The molecule has 3 amide bonds. The Labute approximate surface area is 369 Å². The van der Waals surface area contributed by atoms with E-state index in [1.165, 1.54) is 18.5 Å². The number of aliphatic carboxylic acids is 3. The Bertz CT molecular complexity index is 2000. The summed E-state index contributed by atoms with van der Waals surface area (Å²) in [5.41, 5.74) is 1.47. The van der Waals surface area contributed by atoms with Crippen molar-refractivity contribution >= 4 is 47.8 Å². The van der Waals surface area contributed by atoms with Gasteiger partial charge in [0.2, 0.25) is 11.8 Å². The summed E-state index contributed by atoms with van der Waals surface area (Å²) in [4.78, 5) is 87.5. The highest BCUT2D eigenvalue weighted by molar-refractivity contribution is 6.00. The molecule has 0 spiro atoms. The van der Waals surface area contributed by atoms with Crippen LogP contribution in [0.1, 0.15) is 40.7 Å². The number of aromatic nitrogens is 1. The molecule has 1 atom stereocenters. The van der Waals surface area contributed by atoms with E-state index in [0.29, 0.717) is 70.3 Å². The number of ether oxygens (including phenoxy) is 1. The fourth-order valence-electron chi connectivity index (χ4n) is 7.79. The average molecular weight is 896 g/mol. The fraction of sp³-hybridized carbons (Fsp3) is 0.535. The Hall–Kier alpha value is -6.08. The van der Waals surface area contributed by atoms with E-state index >= 15 is 0 Å². The third kappa shape index (κ3) is 15.6. The van der Waals surface area contributed by atoms with Crippen molar-refractivity contribution in [3.05, 3.63) is 59.4 Å². The lowest BCUT2D eigenvalue weighted by molar-refractivity contribution is -0.141. The summed E-state index contributed by atoms with van der Waals surface area (Å²) >= 11 is 0. The minimum atomic E-state index is -3.16. The predicted molar refractivity (Wildman–Crippen MR) is 226 cm³/mol. The standard InChI is InChI=1S/C43H55F2N9O10/c44-43(45)21-34(22-46)54(30-43)37(55)24-48-42(63)36-7-10-47-23-33(36)4-1-31-2-5-35(6-3-31)64-29-32-8-11-53(12-9-32)38(56)25-49-13-15-50(26-39(57)58)17-19-52(28-41(61)62)20-18-51(16-14-49)27-40(59)60/h1-7,10,23,32,34H,8-9,11-21,24-30H2,(H,48,63)(H,57,58)(H,59,60)(H,61,62)/b4-1+/t34-/m0/s1. The fourth-order valence-corrected chi connectivity index (χ4v) is 7.79. The van der Waals surface area contributed by atoms with Gasteiger partial charge in [0.05, 0.1) is 51.9 Å². The molecule has 3 fully saturated rings. The average Bonchev–Trinajstić information content (AvgIpc) is 3.59. The van der Waals surface area contributed by atoms with Gasteiger partial charge in [0.1, 0.15) is 11.8 Å². The summed E-state index contributed by atoms with van der Waals surface area (Å²) in [6, 6.07) is 9.23. The van der Waals surface area contributed by atoms with Gasteiger partial charge in [-0.1, -0.05) is 24.3 Å². The van der Waals surface area contributed by atoms with Crippen molar-refractivity contribution in [2.75, 3.05) is 111 Å². The normalized spacial score (nSPS) is 19.9. The first-order chi connectivity index (χ1) is 30.6. The highest BCUT2D eigenvalue weighted by Gasteiger charge is 2.47. The lowest BCUT2D eigenvalue weighted by Crippen LogP contribution is -2.50. The number of rotatable bonds is 16. The number of alkyl halides is 2. The molecular weight excluding hydrogens is 841 g/mol. The molecule has 0 saturated carbocycles. The number of hydrogen-bond donors (Lipinski definition) is 4. The van der Waals surface area contributed by atoms with Crippen LogP contribution in [0.3, 0.4) is 0 Å². The molecule has 3 saturated heterocycles. The highest BCUT2D eigenvalue weighted by atomic mass is 19.3. The maximum atomic E-state index is 13.8. The van der Waals surface area contributed by atoms with Gasteiger partial charge >= 0.3 is 17.9 Å². The van der Waals surface area contributed by atoms with Crippen molar-refractivity contribution < 1.29 is 57.6 Å². The second-order valence-electron chi connectivity index (χ2n) is 16.2. The number of piperidine rings is 1. The Balaban J connectivity index is 1.08. The smallest absolute Gasteiger partial charge is 0.317 e. The number of carboxylic acid groups (broad SMARTS) is 3. The lowest BCUT2D eigenvalue weighted by Gasteiger charge is -2.35. The number of nitriles is 1. The van der Waals surface area contributed by atoms with Crippen molar-refractivity contribution in [2.24, 2.45) is 5.92 Å². The number of halogens is 2. The summed E-state index contributed by atoms with van der Waals surface area (Å²) in [7, 11) is 0. The number of likely N-dealkylation sites (tertiary alicyclic amines) is 2. The van der Waals surface area contributed by atoms with Gasteiger partial charge in [-0.3, -0.25) is 53.4 Å². The highest BCUT2D eigenvalue weighted by Crippen LogP contribution is 2.31. The zero-order valence-electron chi connectivity index (χ0n) is 35.5. The first kappa shape index (κ1) is 48.9. The molecule has 0 unspecified atom stereocenters. The van der Waals surface area contributed by atoms with Crippen LogP contribution < -0.4 is 10.1 Å². The number of benzene rings is 1. The molecule has 0 bridgehead atoms. The Kier molecular flexibility index (Phi) is 18.0. The number of carbonyl (C=O) groups excluding carboxylic acids is 3. The van der Waals surface area contributed by atoms with Gasteiger partial charge in [0.15, 0.2) is 0 Å². The Morgan fingerprint density at radius 1 is 0.766 bits per heavy atom. The molecule has 3 aliphatic heterocycles. The van der Waals surface area contributed by atoms with E-state index in [9.17, 15) is 58.1 Å². The first-order valence-corrected chi connectivity index (χ1v) is 21.1. The Morgan fingerprint density at radius 2 is 1.30 bits per heavy atom. The molecule has 19 nitrogen and oxygen atoms in total. The van der Waals surface area contributed by atoms with Gasteiger partial charge in [0, 0.05) is 95.4 Å². The van der Waals surface area contributed by atoms with Crippen LogP contribution >= 0.6 is 0 Å². The molecule has 5 rings (SSSR count). The summed E-state index contributed by atoms with van der Waals surface area (Å²) in [6.45, 7) is 1.98. The SMILES string of the molecule is N#C[C@@H]1CC(F)(F)CN1C(=O)CNC(=O)c1ccncc1/C=C/c1ccc(OCC2CCN(C(=O)CN3CCN(CC(=O)O)CCN(CC(=O)O)CCN(CC(=O)O)CC3)CC2)cc1. The van der Waals surface area contributed by atoms with Gasteiger partial charge < -0.3 is 35.2 Å². The third-order valence-electron chi connectivity index (χ3n) is 11.4. The predicted octanol–water partition coefficient (Wildman–Crippen LogP) is 0.834. The van der Waals surface area contributed by atoms with E-state index in [-0.39, 0.29) is 56.7 Å². The number of nitrogens with one attached hydrogen (secondary N) is 1. The molecule has 346 valence electrons. The minimum Gasteiger partial charge on any atom is -0.493 e. The lowest BCUT2D eigenvalue weighted by atomic mass is 9.97. The van der Waals surface area contributed by atoms with Crippen LogP contribution in [0.2, 0.25) is 0 Å². The number of carbonyl (C=O) groups is 6. The summed E-state index contributed by atoms with van der Waals surface area (Å²) < 4.78 is 33.7. The monoisotopic (exact) mass is 895 g/mol. The molecule has 0 radical (unpaired) electrons. The molecule has 1 aromatic carbocycles. The molecule has 0 aliphatic carbocycles. The number of nitrogens with zero attached hydrogens (tertiary/aromatic N) is 8. The molecule has 4 N–H and O–H groups in total. The molecule has 4 heterocycles. The van der Waals surface area contributed by atoms with E-state index in [1.54, 1.807) is 32.9 Å². The van der Waals surface area contributed by atoms with Crippen LogP contribution in [0.4, 0.5) is 8.78 Å². The van der Waals surface area contributed by atoms with E-state index in [4.69, 9.17) is 4.74 Å². The van der Waals surface area contributed by atoms with Crippen LogP contribution in [0, 0.1) is 17.2 Å². The molecule has 1 aromatic heterocycles. The summed E-state index contributed by atoms with van der Waals surface area (Å²) in [5.74, 6) is -6.84. The molecule has 21 heteroatoms. The van der Waals surface area contributed by atoms with Gasteiger partial charge in [-0.15, -0.1) is 0 Å². The maximum Gasteiger partial charge on any atom is 0.317 e. The Morgan fingerprint density at radius 3 is 1.81 bits per heavy atom. The quantitative estimate of drug-likeness (QED) is 0.183. The molecular formula is C43H55F2N9O10. The van der Waals surface area contributed by atoms with E-state index in [2.05, 4.69) is 10.3 Å². The van der Waals surface area contributed by atoms with Crippen LogP contribution in [-0.4, -0.2) is 209 Å². The van der Waals surface area contributed by atoms with Crippen LogP contribution in [-0.2, 0) is 24.0 Å². The second kappa shape index (κ2) is 23.6. The summed E-state index contributed by atoms with van der Waals surface area (Å²) in [6.07, 6.45) is 7.05. The third-order valence-corrected chi connectivity index (χ3v) is 11.4. The number of hydrogen-bond acceptors (Lipinski definition) is 13. The van der Waals surface area contributed by atoms with Gasteiger partial charge in [-0.2, -0.15) is 5.26 Å². The van der Waals surface area contributed by atoms with Crippen molar-refractivity contribution in [2.45, 2.75) is 31.2 Å². The van der Waals surface area contributed by atoms with Crippen molar-refractivity contribution in [3.8, 4) is 11.8 Å². The topological polar surface area (TPSA) is 240 Å². The second-order valence-corrected chi connectivity index (χ2v) is 16.2. The van der Waals surface area contributed by atoms with Crippen LogP contribution in [0.5, 0.6) is 5.75 Å². The molecule has 3 aliphatic rings. The number of pyridine rings is 1. The van der Waals surface area contributed by atoms with Gasteiger partial charge in [-0.05, 0) is 42.5 Å². The van der Waals surface area contributed by atoms with E-state index < -0.39 is 61.2 Å². The number of carboxylic acids is 3. The van der Waals surface area contributed by atoms with Gasteiger partial charge in [-0.25, -0.2) is 8.78 Å². The first-order valence-electron chi connectivity index (χ1n) is 21.1. The zero-order valence-corrected chi connectivity index (χ0v) is 35.5.